The van der Waals surface area contributed by atoms with Gasteiger partial charge in [-0.25, -0.2) is 0 Å². The summed E-state index contributed by atoms with van der Waals surface area (Å²) in [6.07, 6.45) is 0.789. The van der Waals surface area contributed by atoms with E-state index in [4.69, 9.17) is 32.2 Å². The predicted octanol–water partition coefficient (Wildman–Crippen LogP) is 2.43. The highest BCUT2D eigenvalue weighted by atomic mass is 35.5. The maximum absolute atomic E-state index is 7.45. The van der Waals surface area contributed by atoms with Crippen molar-refractivity contribution >= 4 is 17.4 Å². The first-order chi connectivity index (χ1) is 8.16. The molecule has 17 heavy (non-hydrogen) atoms. The van der Waals surface area contributed by atoms with Gasteiger partial charge in [-0.15, -0.1) is 0 Å². The minimum absolute atomic E-state index is 0.0876. The summed E-state index contributed by atoms with van der Waals surface area (Å²) in [6.45, 7) is 3.83. The van der Waals surface area contributed by atoms with Crippen LogP contribution in [-0.4, -0.2) is 25.7 Å². The van der Waals surface area contributed by atoms with E-state index in [1.54, 1.807) is 18.2 Å². The topological polar surface area (TPSA) is 68.3 Å². The molecule has 0 atom stereocenters. The third kappa shape index (κ3) is 4.24. The first-order valence-corrected chi connectivity index (χ1v) is 5.88. The highest BCUT2D eigenvalue weighted by Crippen LogP contribution is 2.25. The molecule has 0 saturated carbocycles. The molecule has 0 unspecified atom stereocenters. The van der Waals surface area contributed by atoms with Crippen LogP contribution in [0.15, 0.2) is 18.2 Å². The van der Waals surface area contributed by atoms with E-state index in [0.29, 0.717) is 36.2 Å². The molecular weight excluding hydrogens is 240 g/mol. The largest absolute Gasteiger partial charge is 0.493 e. The zero-order valence-corrected chi connectivity index (χ0v) is 10.6. The van der Waals surface area contributed by atoms with E-state index >= 15 is 0 Å². The Kier molecular flexibility index (Phi) is 5.80. The number of nitrogens with one attached hydrogen (secondary N) is 1. The Morgan fingerprint density at radius 1 is 1.41 bits per heavy atom. The van der Waals surface area contributed by atoms with Crippen molar-refractivity contribution in [3.63, 3.8) is 0 Å². The molecule has 0 bridgehead atoms. The molecule has 3 N–H and O–H groups in total. The number of nitrogens with two attached hydrogens (primary N) is 1. The Morgan fingerprint density at radius 2 is 2.18 bits per heavy atom. The van der Waals surface area contributed by atoms with Gasteiger partial charge in [0.25, 0.3) is 0 Å². The van der Waals surface area contributed by atoms with E-state index in [0.717, 1.165) is 6.42 Å². The second kappa shape index (κ2) is 7.14. The zero-order chi connectivity index (χ0) is 12.7. The average molecular weight is 257 g/mol. The molecule has 1 aromatic carbocycles. The van der Waals surface area contributed by atoms with Crippen LogP contribution in [0.25, 0.3) is 0 Å². The second-order valence-electron chi connectivity index (χ2n) is 3.43. The number of amidine groups is 1. The molecule has 0 aromatic heterocycles. The number of nitrogen functional groups attached to an aromatic ring is 1. The lowest BCUT2D eigenvalue weighted by Gasteiger charge is -2.11. The van der Waals surface area contributed by atoms with Crippen molar-refractivity contribution in [3.8, 4) is 5.75 Å². The van der Waals surface area contributed by atoms with Crippen molar-refractivity contribution in [1.82, 2.24) is 0 Å². The Hall–Kier alpha value is -1.26. The van der Waals surface area contributed by atoms with Crippen LogP contribution in [0.2, 0.25) is 5.02 Å². The lowest BCUT2D eigenvalue weighted by molar-refractivity contribution is 0.131. The monoisotopic (exact) mass is 256 g/mol. The maximum atomic E-state index is 7.45. The second-order valence-corrected chi connectivity index (χ2v) is 3.83. The molecule has 0 aliphatic rings. The summed E-state index contributed by atoms with van der Waals surface area (Å²) in [5.41, 5.74) is 5.91. The molecule has 4 nitrogen and oxygen atoms in total. The predicted molar refractivity (Wildman–Crippen MR) is 69.1 cm³/mol. The van der Waals surface area contributed by atoms with Crippen molar-refractivity contribution in [3.05, 3.63) is 28.8 Å². The van der Waals surface area contributed by atoms with Crippen LogP contribution in [0.4, 0.5) is 0 Å². The normalized spacial score (nSPS) is 10.2. The molecule has 0 aliphatic heterocycles. The maximum Gasteiger partial charge on any atom is 0.131 e. The lowest BCUT2D eigenvalue weighted by atomic mass is 10.2. The van der Waals surface area contributed by atoms with Gasteiger partial charge in [-0.2, -0.15) is 0 Å². The number of rotatable bonds is 7. The average Bonchev–Trinajstić information content (AvgIpc) is 2.28. The molecule has 0 amide bonds. The Balaban J connectivity index is 2.58. The molecule has 94 valence electrons. The lowest BCUT2D eigenvalue weighted by Crippen LogP contribution is -2.14. The van der Waals surface area contributed by atoms with Crippen molar-refractivity contribution in [2.24, 2.45) is 5.73 Å². The van der Waals surface area contributed by atoms with Crippen LogP contribution >= 0.6 is 11.6 Å². The van der Waals surface area contributed by atoms with E-state index in [2.05, 4.69) is 0 Å². The summed E-state index contributed by atoms with van der Waals surface area (Å²) in [6, 6.07) is 5.21. The summed E-state index contributed by atoms with van der Waals surface area (Å²) in [5, 5.41) is 7.88. The van der Waals surface area contributed by atoms with E-state index < -0.39 is 0 Å². The van der Waals surface area contributed by atoms with E-state index in [1.165, 1.54) is 0 Å². The number of ether oxygens (including phenoxy) is 2. The molecule has 5 heteroatoms. The molecule has 1 aromatic rings. The fourth-order valence-electron chi connectivity index (χ4n) is 1.37. The van der Waals surface area contributed by atoms with Crippen molar-refractivity contribution in [1.29, 1.82) is 5.41 Å². The van der Waals surface area contributed by atoms with Gasteiger partial charge in [0.1, 0.15) is 11.6 Å². The third-order valence-electron chi connectivity index (χ3n) is 2.14. The first kappa shape index (κ1) is 13.8. The van der Waals surface area contributed by atoms with Gasteiger partial charge in [0, 0.05) is 19.6 Å². The number of hydrogen-bond acceptors (Lipinski definition) is 3. The summed E-state index contributed by atoms with van der Waals surface area (Å²) >= 11 is 5.96. The number of hydrogen-bond donors (Lipinski definition) is 2. The number of benzene rings is 1. The molecule has 0 aliphatic carbocycles. The van der Waals surface area contributed by atoms with Crippen LogP contribution in [0.5, 0.6) is 5.75 Å². The summed E-state index contributed by atoms with van der Waals surface area (Å²) in [4.78, 5) is 0. The molecule has 0 heterocycles. The van der Waals surface area contributed by atoms with E-state index in [1.807, 2.05) is 6.92 Å². The summed E-state index contributed by atoms with van der Waals surface area (Å²) < 4.78 is 10.7. The van der Waals surface area contributed by atoms with E-state index in [9.17, 15) is 0 Å². The molecular formula is C12H17ClN2O2. The minimum atomic E-state index is -0.0876. The highest BCUT2D eigenvalue weighted by Gasteiger charge is 2.10. The smallest absolute Gasteiger partial charge is 0.131 e. The van der Waals surface area contributed by atoms with Crippen LogP contribution < -0.4 is 10.5 Å². The number of halogens is 1. The van der Waals surface area contributed by atoms with Crippen molar-refractivity contribution in [2.45, 2.75) is 13.3 Å². The van der Waals surface area contributed by atoms with Gasteiger partial charge < -0.3 is 15.2 Å². The van der Waals surface area contributed by atoms with Gasteiger partial charge in [-0.1, -0.05) is 17.7 Å². The quantitative estimate of drug-likeness (QED) is 0.447. The summed E-state index contributed by atoms with van der Waals surface area (Å²) in [5.74, 6) is 0.455. The zero-order valence-electron chi connectivity index (χ0n) is 9.83. The van der Waals surface area contributed by atoms with E-state index in [-0.39, 0.29) is 5.84 Å². The van der Waals surface area contributed by atoms with Crippen LogP contribution in [0.1, 0.15) is 18.9 Å². The van der Waals surface area contributed by atoms with Gasteiger partial charge in [0.15, 0.2) is 0 Å². The van der Waals surface area contributed by atoms with Gasteiger partial charge in [0.05, 0.1) is 17.2 Å². The minimum Gasteiger partial charge on any atom is -0.493 e. The molecule has 0 saturated heterocycles. The Bertz CT molecular complexity index is 383. The van der Waals surface area contributed by atoms with Crippen LogP contribution in [0.3, 0.4) is 0 Å². The summed E-state index contributed by atoms with van der Waals surface area (Å²) in [7, 11) is 0. The van der Waals surface area contributed by atoms with Crippen molar-refractivity contribution < 1.29 is 9.47 Å². The molecule has 0 radical (unpaired) electrons. The molecule has 0 fully saturated rings. The van der Waals surface area contributed by atoms with Gasteiger partial charge >= 0.3 is 0 Å². The Labute approximate surface area is 106 Å². The third-order valence-corrected chi connectivity index (χ3v) is 2.45. The van der Waals surface area contributed by atoms with Gasteiger partial charge in [0.2, 0.25) is 0 Å². The molecule has 0 spiro atoms. The van der Waals surface area contributed by atoms with Crippen LogP contribution in [-0.2, 0) is 4.74 Å². The fourth-order valence-corrected chi connectivity index (χ4v) is 1.64. The first-order valence-electron chi connectivity index (χ1n) is 5.50. The fraction of sp³-hybridized carbons (Fsp3) is 0.417. The highest BCUT2D eigenvalue weighted by molar-refractivity contribution is 6.34. The van der Waals surface area contributed by atoms with Gasteiger partial charge in [-0.3, -0.25) is 5.41 Å². The standard InChI is InChI=1S/C12H17ClN2O2/c1-2-16-7-4-8-17-10-6-3-5-9(13)11(10)12(14)15/h3,5-6H,2,4,7-8H2,1H3,(H3,14,15). The van der Waals surface area contributed by atoms with Gasteiger partial charge in [-0.05, 0) is 19.1 Å². The molecule has 1 rings (SSSR count). The van der Waals surface area contributed by atoms with Crippen LogP contribution in [0, 0.1) is 5.41 Å². The SMILES string of the molecule is CCOCCCOc1cccc(Cl)c1C(=N)N. The van der Waals surface area contributed by atoms with Crippen molar-refractivity contribution in [2.75, 3.05) is 19.8 Å². The Morgan fingerprint density at radius 3 is 2.82 bits per heavy atom.